The second-order valence-corrected chi connectivity index (χ2v) is 4.78. The summed E-state index contributed by atoms with van der Waals surface area (Å²) >= 11 is 1.38. The molecule has 0 saturated heterocycles. The van der Waals surface area contributed by atoms with Crippen molar-refractivity contribution in [3.63, 3.8) is 0 Å². The fraction of sp³-hybridized carbons (Fsp3) is 0.600. The SMILES string of the molecule is CC(O)CN(C)C(=O)c1csc(C(C)N)n1. The molecule has 2 atom stereocenters. The number of aromatic nitrogens is 1. The molecule has 0 aliphatic heterocycles. The van der Waals surface area contributed by atoms with E-state index in [1.165, 1.54) is 16.2 Å². The standard InChI is InChI=1S/C10H17N3O2S/c1-6(14)4-13(3)10(15)8-5-16-9(12-8)7(2)11/h5-7,14H,4,11H2,1-3H3. The van der Waals surface area contributed by atoms with Crippen LogP contribution in [-0.2, 0) is 0 Å². The smallest absolute Gasteiger partial charge is 0.273 e. The Kier molecular flexibility index (Phi) is 4.40. The van der Waals surface area contributed by atoms with E-state index in [0.717, 1.165) is 5.01 Å². The van der Waals surface area contributed by atoms with Gasteiger partial charge >= 0.3 is 0 Å². The third-order valence-electron chi connectivity index (χ3n) is 2.02. The van der Waals surface area contributed by atoms with Crippen molar-refractivity contribution in [2.24, 2.45) is 5.73 Å². The summed E-state index contributed by atoms with van der Waals surface area (Å²) in [4.78, 5) is 17.4. The molecule has 0 saturated carbocycles. The average Bonchev–Trinajstić information content (AvgIpc) is 2.64. The minimum atomic E-state index is -0.541. The van der Waals surface area contributed by atoms with E-state index in [1.54, 1.807) is 19.4 Å². The van der Waals surface area contributed by atoms with Crippen LogP contribution in [0.25, 0.3) is 0 Å². The molecule has 3 N–H and O–H groups in total. The summed E-state index contributed by atoms with van der Waals surface area (Å²) in [5, 5.41) is 11.6. The zero-order valence-corrected chi connectivity index (χ0v) is 10.5. The number of aliphatic hydroxyl groups is 1. The number of carbonyl (C=O) groups excluding carboxylic acids is 1. The Morgan fingerprint density at radius 2 is 2.31 bits per heavy atom. The normalized spacial score (nSPS) is 14.6. The highest BCUT2D eigenvalue weighted by atomic mass is 32.1. The summed E-state index contributed by atoms with van der Waals surface area (Å²) in [5.74, 6) is -0.191. The number of aliphatic hydroxyl groups excluding tert-OH is 1. The van der Waals surface area contributed by atoms with Crippen molar-refractivity contribution >= 4 is 17.2 Å². The van der Waals surface area contributed by atoms with Crippen molar-refractivity contribution in [2.45, 2.75) is 26.0 Å². The van der Waals surface area contributed by atoms with Gasteiger partial charge in [0.05, 0.1) is 12.1 Å². The van der Waals surface area contributed by atoms with Crippen LogP contribution >= 0.6 is 11.3 Å². The molecule has 0 fully saturated rings. The second kappa shape index (κ2) is 5.38. The Morgan fingerprint density at radius 3 is 2.75 bits per heavy atom. The van der Waals surface area contributed by atoms with E-state index >= 15 is 0 Å². The second-order valence-electron chi connectivity index (χ2n) is 3.89. The first-order chi connectivity index (χ1) is 7.41. The largest absolute Gasteiger partial charge is 0.392 e. The van der Waals surface area contributed by atoms with Gasteiger partial charge in [0.1, 0.15) is 10.7 Å². The lowest BCUT2D eigenvalue weighted by Crippen LogP contribution is -2.33. The van der Waals surface area contributed by atoms with Gasteiger partial charge < -0.3 is 15.7 Å². The number of hydrogen-bond donors (Lipinski definition) is 2. The third-order valence-corrected chi connectivity index (χ3v) is 3.06. The van der Waals surface area contributed by atoms with E-state index in [4.69, 9.17) is 5.73 Å². The molecule has 0 radical (unpaired) electrons. The molecular weight excluding hydrogens is 226 g/mol. The van der Waals surface area contributed by atoms with Crippen molar-refractivity contribution < 1.29 is 9.90 Å². The van der Waals surface area contributed by atoms with Crippen molar-refractivity contribution in [1.82, 2.24) is 9.88 Å². The van der Waals surface area contributed by atoms with Gasteiger partial charge in [-0.15, -0.1) is 11.3 Å². The molecule has 0 aliphatic rings. The summed E-state index contributed by atoms with van der Waals surface area (Å²) in [6.07, 6.45) is -0.541. The number of rotatable bonds is 4. The van der Waals surface area contributed by atoms with E-state index in [0.29, 0.717) is 12.2 Å². The van der Waals surface area contributed by atoms with E-state index in [2.05, 4.69) is 4.98 Å². The van der Waals surface area contributed by atoms with Gasteiger partial charge in [0.2, 0.25) is 0 Å². The van der Waals surface area contributed by atoms with Crippen molar-refractivity contribution in [3.8, 4) is 0 Å². The van der Waals surface area contributed by atoms with Gasteiger partial charge in [0, 0.05) is 19.0 Å². The highest BCUT2D eigenvalue weighted by Crippen LogP contribution is 2.16. The third kappa shape index (κ3) is 3.26. The number of likely N-dealkylation sites (N-methyl/N-ethyl adjacent to an activating group) is 1. The minimum Gasteiger partial charge on any atom is -0.392 e. The molecule has 90 valence electrons. The summed E-state index contributed by atoms with van der Waals surface area (Å²) in [6, 6.07) is -0.159. The summed E-state index contributed by atoms with van der Waals surface area (Å²) in [5.41, 5.74) is 6.06. The Morgan fingerprint density at radius 1 is 1.69 bits per heavy atom. The number of amides is 1. The molecule has 1 aromatic rings. The van der Waals surface area contributed by atoms with Crippen LogP contribution in [0.1, 0.15) is 35.4 Å². The van der Waals surface area contributed by atoms with Gasteiger partial charge in [-0.25, -0.2) is 4.98 Å². The minimum absolute atomic E-state index is 0.159. The monoisotopic (exact) mass is 243 g/mol. The molecule has 1 aromatic heterocycles. The average molecular weight is 243 g/mol. The fourth-order valence-electron chi connectivity index (χ4n) is 1.27. The zero-order chi connectivity index (χ0) is 12.3. The summed E-state index contributed by atoms with van der Waals surface area (Å²) < 4.78 is 0. The van der Waals surface area contributed by atoms with E-state index in [1.807, 2.05) is 6.92 Å². The molecule has 6 heteroatoms. The zero-order valence-electron chi connectivity index (χ0n) is 9.67. The van der Waals surface area contributed by atoms with Crippen molar-refractivity contribution in [1.29, 1.82) is 0 Å². The Hall–Kier alpha value is -0.980. The van der Waals surface area contributed by atoms with Gasteiger partial charge in [-0.3, -0.25) is 4.79 Å². The Balaban J connectivity index is 2.72. The quantitative estimate of drug-likeness (QED) is 0.812. The van der Waals surface area contributed by atoms with Gasteiger partial charge in [-0.05, 0) is 13.8 Å². The lowest BCUT2D eigenvalue weighted by Gasteiger charge is -2.17. The maximum Gasteiger partial charge on any atom is 0.273 e. The van der Waals surface area contributed by atoms with Crippen molar-refractivity contribution in [2.75, 3.05) is 13.6 Å². The molecule has 1 rings (SSSR count). The van der Waals surface area contributed by atoms with Gasteiger partial charge in [-0.1, -0.05) is 0 Å². The first-order valence-corrected chi connectivity index (χ1v) is 5.94. The van der Waals surface area contributed by atoms with Gasteiger partial charge in [0.25, 0.3) is 5.91 Å². The van der Waals surface area contributed by atoms with Gasteiger partial charge in [0.15, 0.2) is 0 Å². The topological polar surface area (TPSA) is 79.5 Å². The van der Waals surface area contributed by atoms with Crippen LogP contribution in [0.2, 0.25) is 0 Å². The molecule has 0 spiro atoms. The predicted octanol–water partition coefficient (Wildman–Crippen LogP) is 0.616. The van der Waals surface area contributed by atoms with Crippen LogP contribution < -0.4 is 5.73 Å². The van der Waals surface area contributed by atoms with Crippen molar-refractivity contribution in [3.05, 3.63) is 16.1 Å². The summed E-state index contributed by atoms with van der Waals surface area (Å²) in [6.45, 7) is 3.76. The first kappa shape index (κ1) is 13.1. The van der Waals surface area contributed by atoms with Crippen LogP contribution in [0.4, 0.5) is 0 Å². The fourth-order valence-corrected chi connectivity index (χ4v) is 2.02. The molecule has 5 nitrogen and oxygen atoms in total. The van der Waals surface area contributed by atoms with Crippen LogP contribution in [0.5, 0.6) is 0 Å². The number of nitrogens with two attached hydrogens (primary N) is 1. The van der Waals surface area contributed by atoms with E-state index in [9.17, 15) is 9.90 Å². The van der Waals surface area contributed by atoms with Crippen LogP contribution in [0.15, 0.2) is 5.38 Å². The molecular formula is C10H17N3O2S. The molecule has 2 unspecified atom stereocenters. The number of nitrogens with zero attached hydrogens (tertiary/aromatic N) is 2. The highest BCUT2D eigenvalue weighted by molar-refractivity contribution is 7.09. The number of hydrogen-bond acceptors (Lipinski definition) is 5. The number of thiazole rings is 1. The first-order valence-electron chi connectivity index (χ1n) is 5.06. The molecule has 0 aromatic carbocycles. The van der Waals surface area contributed by atoms with Crippen LogP contribution in [0, 0.1) is 0 Å². The van der Waals surface area contributed by atoms with E-state index in [-0.39, 0.29) is 11.9 Å². The van der Waals surface area contributed by atoms with E-state index < -0.39 is 6.10 Å². The molecule has 0 aliphatic carbocycles. The highest BCUT2D eigenvalue weighted by Gasteiger charge is 2.17. The van der Waals surface area contributed by atoms with Crippen LogP contribution in [0.3, 0.4) is 0 Å². The molecule has 1 heterocycles. The van der Waals surface area contributed by atoms with Gasteiger partial charge in [-0.2, -0.15) is 0 Å². The lowest BCUT2D eigenvalue weighted by molar-refractivity contribution is 0.0698. The predicted molar refractivity (Wildman–Crippen MR) is 63.4 cm³/mol. The van der Waals surface area contributed by atoms with Crippen LogP contribution in [-0.4, -0.2) is 40.6 Å². The molecule has 16 heavy (non-hydrogen) atoms. The maximum atomic E-state index is 11.8. The molecule has 0 bridgehead atoms. The lowest BCUT2D eigenvalue weighted by atomic mass is 10.3. The Labute approximate surface area is 98.9 Å². The Bertz CT molecular complexity index is 363. The molecule has 1 amide bonds. The summed E-state index contributed by atoms with van der Waals surface area (Å²) in [7, 11) is 1.64. The number of carbonyl (C=O) groups is 1. The maximum absolute atomic E-state index is 11.8.